The summed E-state index contributed by atoms with van der Waals surface area (Å²) in [5, 5.41) is 2.78. The quantitative estimate of drug-likeness (QED) is 0.851. The third-order valence-electron chi connectivity index (χ3n) is 3.72. The summed E-state index contributed by atoms with van der Waals surface area (Å²) in [5.41, 5.74) is 2.07. The summed E-state index contributed by atoms with van der Waals surface area (Å²) >= 11 is 0. The number of carbonyl (C=O) groups excluding carboxylic acids is 1. The van der Waals surface area contributed by atoms with Crippen LogP contribution in [0.3, 0.4) is 0 Å². The molecule has 0 radical (unpaired) electrons. The van der Waals surface area contributed by atoms with Gasteiger partial charge in [0.05, 0.1) is 14.2 Å². The maximum Gasteiger partial charge on any atom is 0.325 e. The molecule has 2 N–H and O–H groups in total. The van der Waals surface area contributed by atoms with Crippen molar-refractivity contribution in [1.82, 2.24) is 9.55 Å². The highest BCUT2D eigenvalue weighted by Gasteiger charge is 2.10. The molecule has 1 aromatic heterocycles. The Morgan fingerprint density at radius 1 is 1.22 bits per heavy atom. The van der Waals surface area contributed by atoms with Gasteiger partial charge in [-0.25, -0.2) is 4.79 Å². The Bertz CT molecular complexity index is 761. The molecular formula is C16H21N3O4. The summed E-state index contributed by atoms with van der Waals surface area (Å²) in [6.45, 7) is 4.00. The van der Waals surface area contributed by atoms with E-state index in [9.17, 15) is 9.59 Å². The number of nitrogens with zero attached hydrogens (tertiary/aromatic N) is 1. The summed E-state index contributed by atoms with van der Waals surface area (Å²) in [6.07, 6.45) is 0.201. The second-order valence-corrected chi connectivity index (χ2v) is 5.16. The largest absolute Gasteiger partial charge is 0.493 e. The van der Waals surface area contributed by atoms with Crippen molar-refractivity contribution >= 4 is 11.6 Å². The van der Waals surface area contributed by atoms with E-state index in [0.29, 0.717) is 23.7 Å². The number of imidazole rings is 1. The Balaban J connectivity index is 2.01. The van der Waals surface area contributed by atoms with E-state index < -0.39 is 0 Å². The number of rotatable bonds is 6. The van der Waals surface area contributed by atoms with Crippen molar-refractivity contribution in [3.63, 3.8) is 0 Å². The van der Waals surface area contributed by atoms with Crippen molar-refractivity contribution in [1.29, 1.82) is 0 Å². The first-order valence-corrected chi connectivity index (χ1v) is 7.24. The van der Waals surface area contributed by atoms with Crippen LogP contribution in [0.2, 0.25) is 0 Å². The van der Waals surface area contributed by atoms with Crippen LogP contribution >= 0.6 is 0 Å². The summed E-state index contributed by atoms with van der Waals surface area (Å²) in [7, 11) is 3.09. The summed E-state index contributed by atoms with van der Waals surface area (Å²) in [4.78, 5) is 26.5. The number of aromatic amines is 1. The molecule has 0 spiro atoms. The maximum absolute atomic E-state index is 12.1. The Kier molecular flexibility index (Phi) is 5.10. The minimum absolute atomic E-state index is 0.178. The first kappa shape index (κ1) is 16.7. The predicted octanol–water partition coefficient (Wildman–Crippen LogP) is 1.84. The number of H-pyrrole nitrogens is 1. The van der Waals surface area contributed by atoms with Crippen LogP contribution in [0.4, 0.5) is 5.69 Å². The molecule has 0 atom stereocenters. The van der Waals surface area contributed by atoms with Gasteiger partial charge in [-0.2, -0.15) is 0 Å². The number of ether oxygens (including phenoxy) is 2. The number of anilines is 1. The van der Waals surface area contributed by atoms with Gasteiger partial charge >= 0.3 is 5.69 Å². The molecule has 0 saturated carbocycles. The van der Waals surface area contributed by atoms with Gasteiger partial charge in [-0.15, -0.1) is 0 Å². The van der Waals surface area contributed by atoms with Crippen LogP contribution in [0.1, 0.15) is 17.8 Å². The lowest BCUT2D eigenvalue weighted by Crippen LogP contribution is -2.22. The Hall–Kier alpha value is -2.70. The minimum Gasteiger partial charge on any atom is -0.493 e. The first-order chi connectivity index (χ1) is 11.0. The molecule has 1 heterocycles. The zero-order valence-corrected chi connectivity index (χ0v) is 13.7. The number of carbonyl (C=O) groups is 1. The topological polar surface area (TPSA) is 85.4 Å². The Morgan fingerprint density at radius 2 is 1.91 bits per heavy atom. The second kappa shape index (κ2) is 7.04. The number of benzene rings is 1. The van der Waals surface area contributed by atoms with E-state index in [1.165, 1.54) is 7.11 Å². The molecule has 7 heteroatoms. The minimum atomic E-state index is -0.195. The molecular weight excluding hydrogens is 298 g/mol. The number of aryl methyl sites for hydroxylation is 1. The monoisotopic (exact) mass is 319 g/mol. The Labute approximate surface area is 134 Å². The van der Waals surface area contributed by atoms with Crippen LogP contribution in [-0.4, -0.2) is 29.7 Å². The van der Waals surface area contributed by atoms with Gasteiger partial charge in [-0.05, 0) is 26.0 Å². The highest BCUT2D eigenvalue weighted by molar-refractivity contribution is 5.91. The van der Waals surface area contributed by atoms with Crippen molar-refractivity contribution in [3.05, 3.63) is 40.1 Å². The molecule has 0 aliphatic heterocycles. The molecule has 23 heavy (non-hydrogen) atoms. The van der Waals surface area contributed by atoms with Crippen LogP contribution < -0.4 is 20.5 Å². The van der Waals surface area contributed by atoms with Crippen LogP contribution in [-0.2, 0) is 11.3 Å². The Morgan fingerprint density at radius 3 is 2.48 bits per heavy atom. The molecule has 124 valence electrons. The molecule has 1 amide bonds. The van der Waals surface area contributed by atoms with Gasteiger partial charge in [0, 0.05) is 36.1 Å². The zero-order valence-electron chi connectivity index (χ0n) is 13.7. The fraction of sp³-hybridized carbons (Fsp3) is 0.375. The van der Waals surface area contributed by atoms with Gasteiger partial charge < -0.3 is 19.8 Å². The van der Waals surface area contributed by atoms with Crippen molar-refractivity contribution < 1.29 is 14.3 Å². The number of amides is 1. The van der Waals surface area contributed by atoms with Gasteiger partial charge in [0.15, 0.2) is 11.5 Å². The van der Waals surface area contributed by atoms with Crippen molar-refractivity contribution in [2.45, 2.75) is 26.8 Å². The van der Waals surface area contributed by atoms with E-state index >= 15 is 0 Å². The van der Waals surface area contributed by atoms with E-state index in [-0.39, 0.29) is 18.0 Å². The summed E-state index contributed by atoms with van der Waals surface area (Å²) in [6, 6.07) is 5.14. The molecule has 2 aromatic rings. The molecule has 0 bridgehead atoms. The summed E-state index contributed by atoms with van der Waals surface area (Å²) < 4.78 is 11.9. The zero-order chi connectivity index (χ0) is 17.0. The van der Waals surface area contributed by atoms with Crippen LogP contribution in [0.25, 0.3) is 0 Å². The highest BCUT2D eigenvalue weighted by atomic mass is 16.5. The number of nitrogens with one attached hydrogen (secondary N) is 2. The number of methoxy groups -OCH3 is 2. The number of hydrogen-bond acceptors (Lipinski definition) is 4. The molecule has 7 nitrogen and oxygen atoms in total. The highest BCUT2D eigenvalue weighted by Crippen LogP contribution is 2.29. The molecule has 0 aliphatic carbocycles. The lowest BCUT2D eigenvalue weighted by molar-refractivity contribution is -0.116. The smallest absolute Gasteiger partial charge is 0.325 e. The van der Waals surface area contributed by atoms with Crippen LogP contribution in [0.15, 0.2) is 23.0 Å². The fourth-order valence-corrected chi connectivity index (χ4v) is 2.29. The van der Waals surface area contributed by atoms with Crippen LogP contribution in [0, 0.1) is 13.8 Å². The van der Waals surface area contributed by atoms with E-state index in [0.717, 1.165) is 11.4 Å². The lowest BCUT2D eigenvalue weighted by Gasteiger charge is -2.11. The van der Waals surface area contributed by atoms with E-state index in [4.69, 9.17) is 9.47 Å². The van der Waals surface area contributed by atoms with Gasteiger partial charge in [0.1, 0.15) is 0 Å². The van der Waals surface area contributed by atoms with Gasteiger partial charge in [0.25, 0.3) is 0 Å². The second-order valence-electron chi connectivity index (χ2n) is 5.16. The normalized spacial score (nSPS) is 10.4. The maximum atomic E-state index is 12.1. The summed E-state index contributed by atoms with van der Waals surface area (Å²) in [5.74, 6) is 0.955. The number of aromatic nitrogens is 2. The standard InChI is InChI=1S/C16H21N3O4/c1-10-11(2)19(16(21)17-10)8-7-15(20)18-12-5-6-13(22-3)14(9-12)23-4/h5-6,9H,7-8H2,1-4H3,(H,17,21)(H,18,20). The van der Waals surface area contributed by atoms with E-state index in [1.807, 2.05) is 13.8 Å². The van der Waals surface area contributed by atoms with Gasteiger partial charge in [-0.1, -0.05) is 0 Å². The predicted molar refractivity (Wildman–Crippen MR) is 87.3 cm³/mol. The van der Waals surface area contributed by atoms with E-state index in [1.54, 1.807) is 29.9 Å². The van der Waals surface area contributed by atoms with E-state index in [2.05, 4.69) is 10.3 Å². The van der Waals surface area contributed by atoms with Gasteiger partial charge in [0.2, 0.25) is 5.91 Å². The molecule has 2 rings (SSSR count). The molecule has 0 fully saturated rings. The molecule has 0 aliphatic rings. The van der Waals surface area contributed by atoms with Crippen molar-refractivity contribution in [3.8, 4) is 11.5 Å². The third-order valence-corrected chi connectivity index (χ3v) is 3.72. The first-order valence-electron chi connectivity index (χ1n) is 7.24. The van der Waals surface area contributed by atoms with Crippen molar-refractivity contribution in [2.24, 2.45) is 0 Å². The lowest BCUT2D eigenvalue weighted by atomic mass is 10.2. The molecule has 0 saturated heterocycles. The van der Waals surface area contributed by atoms with Gasteiger partial charge in [-0.3, -0.25) is 9.36 Å². The molecule has 1 aromatic carbocycles. The van der Waals surface area contributed by atoms with Crippen molar-refractivity contribution in [2.75, 3.05) is 19.5 Å². The number of hydrogen-bond donors (Lipinski definition) is 2. The molecule has 0 unspecified atom stereocenters. The van der Waals surface area contributed by atoms with Crippen LogP contribution in [0.5, 0.6) is 11.5 Å². The average molecular weight is 319 g/mol. The SMILES string of the molecule is COc1ccc(NC(=O)CCn2c(C)c(C)[nH]c2=O)cc1OC. The average Bonchev–Trinajstić information content (AvgIpc) is 2.78. The third kappa shape index (κ3) is 3.74. The fourth-order valence-electron chi connectivity index (χ4n) is 2.29.